The number of aryl methyl sites for hydroxylation is 1. The fraction of sp³-hybridized carbons (Fsp3) is 0.423. The molecule has 2 aliphatic heterocycles. The number of likely N-dealkylation sites (tertiary alicyclic amines) is 1. The van der Waals surface area contributed by atoms with E-state index in [2.05, 4.69) is 70.5 Å². The smallest absolute Gasteiger partial charge is 0.0960 e. The van der Waals surface area contributed by atoms with Gasteiger partial charge in [-0.05, 0) is 101 Å². The molecule has 5 rings (SSSR count). The molecule has 5 heteroatoms. The average molecular weight is 435 g/mol. The molecule has 0 aliphatic carbocycles. The molecule has 2 aliphatic rings. The van der Waals surface area contributed by atoms with Gasteiger partial charge < -0.3 is 14.8 Å². The third kappa shape index (κ3) is 3.66. The molecule has 1 aromatic heterocycles. The number of hydrogen-bond acceptors (Lipinski definition) is 3. The highest BCUT2D eigenvalue weighted by atomic mass is 35.5. The van der Waals surface area contributed by atoms with Gasteiger partial charge in [-0.3, -0.25) is 0 Å². The SMILES string of the molecule is C=C1Nc2ccc(Cl)cc2C12CCN(CCCc1ccc3c(c1)ncn3C(C)C)CC2. The molecule has 3 aromatic rings. The quantitative estimate of drug-likeness (QED) is 0.520. The first-order valence-electron chi connectivity index (χ1n) is 11.4. The van der Waals surface area contributed by atoms with E-state index in [0.717, 1.165) is 55.1 Å². The zero-order valence-electron chi connectivity index (χ0n) is 18.5. The van der Waals surface area contributed by atoms with Crippen LogP contribution in [0.5, 0.6) is 0 Å². The Morgan fingerprint density at radius 2 is 1.97 bits per heavy atom. The molecule has 1 spiro atoms. The first kappa shape index (κ1) is 20.6. The number of piperidine rings is 1. The molecule has 162 valence electrons. The predicted molar refractivity (Wildman–Crippen MR) is 130 cm³/mol. The van der Waals surface area contributed by atoms with Crippen LogP contribution in [0.3, 0.4) is 0 Å². The Morgan fingerprint density at radius 1 is 1.16 bits per heavy atom. The number of benzene rings is 2. The van der Waals surface area contributed by atoms with Crippen LogP contribution in [0.25, 0.3) is 11.0 Å². The molecular formula is C26H31ClN4. The Hall–Kier alpha value is -2.30. The summed E-state index contributed by atoms with van der Waals surface area (Å²) in [5.41, 5.74) is 7.40. The van der Waals surface area contributed by atoms with Crippen LogP contribution in [0.1, 0.15) is 50.3 Å². The van der Waals surface area contributed by atoms with Gasteiger partial charge in [0.05, 0.1) is 17.4 Å². The second kappa shape index (κ2) is 7.99. The third-order valence-corrected chi connectivity index (χ3v) is 7.44. The van der Waals surface area contributed by atoms with E-state index in [-0.39, 0.29) is 5.41 Å². The molecule has 0 unspecified atom stereocenters. The van der Waals surface area contributed by atoms with Crippen molar-refractivity contribution in [1.29, 1.82) is 0 Å². The van der Waals surface area contributed by atoms with Gasteiger partial charge in [-0.2, -0.15) is 0 Å². The van der Waals surface area contributed by atoms with Crippen LogP contribution in [-0.2, 0) is 11.8 Å². The van der Waals surface area contributed by atoms with Crippen molar-refractivity contribution in [3.8, 4) is 0 Å². The molecular weight excluding hydrogens is 404 g/mol. The van der Waals surface area contributed by atoms with Crippen molar-refractivity contribution in [3.05, 3.63) is 71.2 Å². The number of hydrogen-bond donors (Lipinski definition) is 1. The lowest BCUT2D eigenvalue weighted by molar-refractivity contribution is 0.179. The van der Waals surface area contributed by atoms with Gasteiger partial charge in [0.2, 0.25) is 0 Å². The standard InChI is InChI=1S/C26H31ClN4/c1-18(2)31-17-28-24-15-20(6-9-25(24)31)5-4-12-30-13-10-26(11-14-30)19(3)29-23-8-7-21(27)16-22(23)26/h6-9,15-18,29H,3-5,10-14H2,1-2H3. The zero-order chi connectivity index (χ0) is 21.6. The molecule has 0 bridgehead atoms. The van der Waals surface area contributed by atoms with Gasteiger partial charge in [-0.15, -0.1) is 0 Å². The average Bonchev–Trinajstić information content (AvgIpc) is 3.29. The number of nitrogens with zero attached hydrogens (tertiary/aromatic N) is 3. The Morgan fingerprint density at radius 3 is 2.74 bits per heavy atom. The van der Waals surface area contributed by atoms with Gasteiger partial charge in [0.15, 0.2) is 0 Å². The van der Waals surface area contributed by atoms with Gasteiger partial charge in [-0.1, -0.05) is 24.2 Å². The minimum Gasteiger partial charge on any atom is -0.358 e. The molecule has 1 fully saturated rings. The third-order valence-electron chi connectivity index (χ3n) is 7.21. The molecule has 0 saturated carbocycles. The summed E-state index contributed by atoms with van der Waals surface area (Å²) in [6.45, 7) is 12.1. The van der Waals surface area contributed by atoms with E-state index in [1.54, 1.807) is 0 Å². The lowest BCUT2D eigenvalue weighted by atomic mass is 9.72. The van der Waals surface area contributed by atoms with E-state index in [1.807, 2.05) is 12.4 Å². The van der Waals surface area contributed by atoms with Crippen molar-refractivity contribution < 1.29 is 0 Å². The highest BCUT2D eigenvalue weighted by Crippen LogP contribution is 2.50. The van der Waals surface area contributed by atoms with Crippen LogP contribution in [0.4, 0.5) is 5.69 Å². The summed E-state index contributed by atoms with van der Waals surface area (Å²) in [7, 11) is 0. The Labute approximate surface area is 189 Å². The number of rotatable bonds is 5. The van der Waals surface area contributed by atoms with Crippen LogP contribution in [0.15, 0.2) is 55.0 Å². The van der Waals surface area contributed by atoms with Gasteiger partial charge >= 0.3 is 0 Å². The van der Waals surface area contributed by atoms with Crippen LogP contribution in [-0.4, -0.2) is 34.1 Å². The lowest BCUT2D eigenvalue weighted by Gasteiger charge is -2.40. The first-order chi connectivity index (χ1) is 15.0. The van der Waals surface area contributed by atoms with Crippen LogP contribution in [0.2, 0.25) is 5.02 Å². The van der Waals surface area contributed by atoms with E-state index >= 15 is 0 Å². The van der Waals surface area contributed by atoms with Gasteiger partial charge in [0, 0.05) is 27.9 Å². The van der Waals surface area contributed by atoms with E-state index in [4.69, 9.17) is 11.6 Å². The van der Waals surface area contributed by atoms with Crippen LogP contribution < -0.4 is 5.32 Å². The summed E-state index contributed by atoms with van der Waals surface area (Å²) in [6, 6.07) is 13.4. The van der Waals surface area contributed by atoms with Gasteiger partial charge in [0.1, 0.15) is 0 Å². The Bertz CT molecular complexity index is 1120. The van der Waals surface area contributed by atoms with E-state index in [9.17, 15) is 0 Å². The fourth-order valence-corrected chi connectivity index (χ4v) is 5.52. The number of fused-ring (bicyclic) bond motifs is 3. The number of allylic oxidation sites excluding steroid dienone is 1. The number of imidazole rings is 1. The molecule has 0 radical (unpaired) electrons. The molecule has 4 nitrogen and oxygen atoms in total. The number of halogens is 1. The molecule has 0 amide bonds. The maximum absolute atomic E-state index is 6.31. The number of anilines is 1. The topological polar surface area (TPSA) is 33.1 Å². The zero-order valence-corrected chi connectivity index (χ0v) is 19.3. The molecule has 3 heterocycles. The maximum Gasteiger partial charge on any atom is 0.0960 e. The van der Waals surface area contributed by atoms with Crippen molar-refractivity contribution in [2.75, 3.05) is 25.0 Å². The van der Waals surface area contributed by atoms with Crippen LogP contribution in [0, 0.1) is 0 Å². The van der Waals surface area contributed by atoms with Crippen molar-refractivity contribution >= 4 is 28.3 Å². The van der Waals surface area contributed by atoms with Crippen LogP contribution >= 0.6 is 11.6 Å². The molecule has 2 aromatic carbocycles. The van der Waals surface area contributed by atoms with Crippen molar-refractivity contribution in [2.24, 2.45) is 0 Å². The highest BCUT2D eigenvalue weighted by Gasteiger charge is 2.44. The normalized spacial score (nSPS) is 18.1. The van der Waals surface area contributed by atoms with Gasteiger partial charge in [0.25, 0.3) is 0 Å². The Kier molecular flexibility index (Phi) is 5.31. The monoisotopic (exact) mass is 434 g/mol. The van der Waals surface area contributed by atoms with E-state index < -0.39 is 0 Å². The molecule has 1 saturated heterocycles. The fourth-order valence-electron chi connectivity index (χ4n) is 5.35. The highest BCUT2D eigenvalue weighted by molar-refractivity contribution is 6.30. The first-order valence-corrected chi connectivity index (χ1v) is 11.8. The number of aromatic nitrogens is 2. The van der Waals surface area contributed by atoms with Crippen molar-refractivity contribution in [3.63, 3.8) is 0 Å². The minimum absolute atomic E-state index is 0.0387. The summed E-state index contributed by atoms with van der Waals surface area (Å²) in [4.78, 5) is 7.20. The largest absolute Gasteiger partial charge is 0.358 e. The second-order valence-corrected chi connectivity index (χ2v) is 9.83. The summed E-state index contributed by atoms with van der Waals surface area (Å²) in [5.74, 6) is 0. The maximum atomic E-state index is 6.31. The van der Waals surface area contributed by atoms with E-state index in [0.29, 0.717) is 6.04 Å². The molecule has 1 N–H and O–H groups in total. The second-order valence-electron chi connectivity index (χ2n) is 9.39. The van der Waals surface area contributed by atoms with E-state index in [1.165, 1.54) is 28.8 Å². The number of nitrogens with one attached hydrogen (secondary N) is 1. The van der Waals surface area contributed by atoms with Crippen molar-refractivity contribution in [2.45, 2.75) is 51.0 Å². The summed E-state index contributed by atoms with van der Waals surface area (Å²) in [6.07, 6.45) is 6.43. The summed E-state index contributed by atoms with van der Waals surface area (Å²) >= 11 is 6.31. The lowest BCUT2D eigenvalue weighted by Crippen LogP contribution is -2.43. The predicted octanol–water partition coefficient (Wildman–Crippen LogP) is 6.18. The minimum atomic E-state index is 0.0387. The van der Waals surface area contributed by atoms with Gasteiger partial charge in [-0.25, -0.2) is 4.98 Å². The van der Waals surface area contributed by atoms with Crippen molar-refractivity contribution in [1.82, 2.24) is 14.5 Å². The molecule has 31 heavy (non-hydrogen) atoms. The summed E-state index contributed by atoms with van der Waals surface area (Å²) in [5, 5.41) is 4.32. The molecule has 0 atom stereocenters. The summed E-state index contributed by atoms with van der Waals surface area (Å²) < 4.78 is 2.24. The Balaban J connectivity index is 1.18.